The molecule has 1 aromatic carbocycles. The molecule has 0 unspecified atom stereocenters. The highest BCUT2D eigenvalue weighted by Crippen LogP contribution is 2.18. The Morgan fingerprint density at radius 1 is 1.25 bits per heavy atom. The maximum atomic E-state index is 12.9. The summed E-state index contributed by atoms with van der Waals surface area (Å²) in [5, 5.41) is 3.66. The van der Waals surface area contributed by atoms with Crippen LogP contribution in [0.15, 0.2) is 47.6 Å². The van der Waals surface area contributed by atoms with E-state index in [0.717, 1.165) is 43.8 Å². The summed E-state index contributed by atoms with van der Waals surface area (Å²) < 4.78 is 12.9. The van der Waals surface area contributed by atoms with Crippen LogP contribution < -0.4 is 5.43 Å². The van der Waals surface area contributed by atoms with Crippen LogP contribution in [-0.4, -0.2) is 30.1 Å². The molecule has 126 valence electrons. The van der Waals surface area contributed by atoms with E-state index in [0.29, 0.717) is 10.8 Å². The van der Waals surface area contributed by atoms with Gasteiger partial charge in [0.05, 0.1) is 4.88 Å². The Bertz CT molecular complexity index is 693. The van der Waals surface area contributed by atoms with Gasteiger partial charge in [0.15, 0.2) is 5.13 Å². The second kappa shape index (κ2) is 8.17. The van der Waals surface area contributed by atoms with Crippen molar-refractivity contribution < 1.29 is 9.18 Å². The Morgan fingerprint density at radius 3 is 2.67 bits per heavy atom. The third-order valence-corrected chi connectivity index (χ3v) is 5.00. The van der Waals surface area contributed by atoms with E-state index in [1.165, 1.54) is 17.7 Å². The summed E-state index contributed by atoms with van der Waals surface area (Å²) in [4.78, 5) is 14.5. The van der Waals surface area contributed by atoms with Gasteiger partial charge in [-0.15, -0.1) is 11.3 Å². The first-order chi connectivity index (χ1) is 11.7. The lowest BCUT2D eigenvalue weighted by Gasteiger charge is -2.30. The number of carbonyl (C=O) groups excluding carboxylic acids is 1. The molecule has 1 amide bonds. The molecule has 0 saturated carbocycles. The van der Waals surface area contributed by atoms with Gasteiger partial charge in [-0.2, -0.15) is 9.49 Å². The lowest BCUT2D eigenvalue weighted by atomic mass is 9.98. The van der Waals surface area contributed by atoms with Crippen molar-refractivity contribution in [1.29, 1.82) is 0 Å². The fourth-order valence-electron chi connectivity index (χ4n) is 2.79. The summed E-state index contributed by atoms with van der Waals surface area (Å²) >= 11 is 0.824. The number of amides is 1. The molecule has 2 aromatic rings. The molecule has 0 spiro atoms. The molecule has 1 saturated heterocycles. The third kappa shape index (κ3) is 4.72. The fraction of sp³-hybridized carbons (Fsp3) is 0.333. The average Bonchev–Trinajstić information content (AvgIpc) is 3.04. The van der Waals surface area contributed by atoms with Crippen molar-refractivity contribution >= 4 is 23.5 Å². The Labute approximate surface area is 145 Å². The van der Waals surface area contributed by atoms with Crippen molar-refractivity contribution in [3.63, 3.8) is 0 Å². The van der Waals surface area contributed by atoms with Crippen molar-refractivity contribution in [2.45, 2.75) is 19.4 Å². The molecule has 1 aliphatic heterocycles. The molecule has 2 heterocycles. The van der Waals surface area contributed by atoms with Crippen LogP contribution >= 0.6 is 11.3 Å². The largest absolute Gasteiger partial charge is 0.299 e. The van der Waals surface area contributed by atoms with Gasteiger partial charge in [-0.3, -0.25) is 9.69 Å². The van der Waals surface area contributed by atoms with Crippen molar-refractivity contribution in [3.8, 4) is 0 Å². The number of rotatable bonds is 5. The first-order valence-corrected chi connectivity index (χ1v) is 8.87. The molecule has 1 aliphatic rings. The lowest BCUT2D eigenvalue weighted by molar-refractivity contribution is 0.0958. The first kappa shape index (κ1) is 16.8. The summed E-state index contributed by atoms with van der Waals surface area (Å²) in [6.07, 6.45) is 3.86. The van der Waals surface area contributed by atoms with E-state index in [2.05, 4.69) is 39.7 Å². The lowest BCUT2D eigenvalue weighted by Crippen LogP contribution is -2.34. The molecule has 24 heavy (non-hydrogen) atoms. The van der Waals surface area contributed by atoms with Gasteiger partial charge in [-0.1, -0.05) is 30.3 Å². The zero-order chi connectivity index (χ0) is 16.8. The van der Waals surface area contributed by atoms with Crippen LogP contribution in [0.4, 0.5) is 4.39 Å². The van der Waals surface area contributed by atoms with Crippen LogP contribution in [0, 0.1) is 11.0 Å². The predicted octanol–water partition coefficient (Wildman–Crippen LogP) is 3.52. The van der Waals surface area contributed by atoms with Gasteiger partial charge in [0.1, 0.15) is 0 Å². The number of hydrogen-bond donors (Lipinski definition) is 1. The smallest absolute Gasteiger partial charge is 0.281 e. The van der Waals surface area contributed by atoms with E-state index in [-0.39, 0.29) is 11.0 Å². The molecule has 6 heteroatoms. The van der Waals surface area contributed by atoms with Crippen LogP contribution in [-0.2, 0) is 6.54 Å². The highest BCUT2D eigenvalue weighted by molar-refractivity contribution is 7.12. The number of carbonyl (C=O) groups is 1. The maximum absolute atomic E-state index is 12.9. The summed E-state index contributed by atoms with van der Waals surface area (Å²) in [5.74, 6) is 0.0130. The zero-order valence-electron chi connectivity index (χ0n) is 13.3. The van der Waals surface area contributed by atoms with Crippen LogP contribution in [0.1, 0.15) is 28.1 Å². The molecule has 4 nitrogen and oxygen atoms in total. The van der Waals surface area contributed by atoms with E-state index in [4.69, 9.17) is 0 Å². The number of halogens is 1. The van der Waals surface area contributed by atoms with Crippen molar-refractivity contribution in [1.82, 2.24) is 10.3 Å². The minimum atomic E-state index is -0.366. The molecule has 0 bridgehead atoms. The first-order valence-electron chi connectivity index (χ1n) is 8.06. The maximum Gasteiger partial charge on any atom is 0.281 e. The fourth-order valence-corrected chi connectivity index (χ4v) is 3.42. The monoisotopic (exact) mass is 345 g/mol. The number of piperidine rings is 1. The van der Waals surface area contributed by atoms with Gasteiger partial charge in [-0.05, 0) is 49.5 Å². The van der Waals surface area contributed by atoms with Gasteiger partial charge in [0.25, 0.3) is 5.91 Å². The summed E-state index contributed by atoms with van der Waals surface area (Å²) in [5.41, 5.74) is 3.80. The Hall–Kier alpha value is -2.05. The van der Waals surface area contributed by atoms with Crippen molar-refractivity contribution in [3.05, 3.63) is 58.0 Å². The highest BCUT2D eigenvalue weighted by atomic mass is 32.1. The average molecular weight is 345 g/mol. The highest BCUT2D eigenvalue weighted by Gasteiger charge is 2.18. The molecule has 1 aromatic heterocycles. The normalized spacial score (nSPS) is 16.5. The van der Waals surface area contributed by atoms with Crippen LogP contribution in [0.3, 0.4) is 0 Å². The minimum Gasteiger partial charge on any atom is -0.299 e. The van der Waals surface area contributed by atoms with Crippen LogP contribution in [0.5, 0.6) is 0 Å². The second-order valence-corrected chi connectivity index (χ2v) is 6.96. The third-order valence-electron chi connectivity index (χ3n) is 4.13. The van der Waals surface area contributed by atoms with Crippen LogP contribution in [0.2, 0.25) is 0 Å². The molecular formula is C18H20FN3OS. The molecular weight excluding hydrogens is 325 g/mol. The standard InChI is InChI=1S/C18H20FN3OS/c19-17-7-6-16(24-17)18(23)21-20-12-14-8-10-22(11-9-14)13-15-4-2-1-3-5-15/h1-7,12,14H,8-11,13H2,(H,21,23). The van der Waals surface area contributed by atoms with Crippen LogP contribution in [0.25, 0.3) is 0 Å². The second-order valence-electron chi connectivity index (χ2n) is 5.92. The van der Waals surface area contributed by atoms with Gasteiger partial charge in [-0.25, -0.2) is 5.43 Å². The number of nitrogens with one attached hydrogen (secondary N) is 1. The van der Waals surface area contributed by atoms with Gasteiger partial charge in [0.2, 0.25) is 0 Å². The van der Waals surface area contributed by atoms with E-state index in [1.807, 2.05) is 12.3 Å². The topological polar surface area (TPSA) is 44.7 Å². The summed E-state index contributed by atoms with van der Waals surface area (Å²) in [6.45, 7) is 3.02. The number of thiophene rings is 1. The van der Waals surface area contributed by atoms with Gasteiger partial charge in [0, 0.05) is 12.8 Å². The van der Waals surface area contributed by atoms with E-state index in [9.17, 15) is 9.18 Å². The Balaban J connectivity index is 1.41. The molecule has 0 radical (unpaired) electrons. The summed E-state index contributed by atoms with van der Waals surface area (Å²) in [6, 6.07) is 13.2. The number of nitrogens with zero attached hydrogens (tertiary/aromatic N) is 2. The molecule has 0 atom stereocenters. The number of benzene rings is 1. The Morgan fingerprint density at radius 2 is 2.00 bits per heavy atom. The quantitative estimate of drug-likeness (QED) is 0.666. The van der Waals surface area contributed by atoms with Gasteiger partial charge >= 0.3 is 0 Å². The van der Waals surface area contributed by atoms with Crippen molar-refractivity contribution in [2.75, 3.05) is 13.1 Å². The molecule has 0 aliphatic carbocycles. The number of likely N-dealkylation sites (tertiary alicyclic amines) is 1. The zero-order valence-corrected chi connectivity index (χ0v) is 14.1. The van der Waals surface area contributed by atoms with E-state index in [1.54, 1.807) is 0 Å². The Kier molecular flexibility index (Phi) is 5.72. The molecule has 1 fully saturated rings. The van der Waals surface area contributed by atoms with E-state index >= 15 is 0 Å². The van der Waals surface area contributed by atoms with Crippen molar-refractivity contribution in [2.24, 2.45) is 11.0 Å². The SMILES string of the molecule is O=C(NN=CC1CCN(Cc2ccccc2)CC1)c1ccc(F)s1. The molecule has 1 N–H and O–H groups in total. The predicted molar refractivity (Wildman–Crippen MR) is 94.7 cm³/mol. The van der Waals surface area contributed by atoms with E-state index < -0.39 is 0 Å². The number of hydrazone groups is 1. The number of hydrogen-bond acceptors (Lipinski definition) is 4. The minimum absolute atomic E-state index is 0.335. The summed E-state index contributed by atoms with van der Waals surface area (Å²) in [7, 11) is 0. The molecule has 3 rings (SSSR count). The van der Waals surface area contributed by atoms with Gasteiger partial charge < -0.3 is 0 Å².